The molecule has 0 aliphatic carbocycles. The maximum Gasteiger partial charge on any atom is 0.218 e. The average molecular weight is 365 g/mol. The molecule has 0 aromatic heterocycles. The van der Waals surface area contributed by atoms with E-state index in [2.05, 4.69) is 19.0 Å². The zero-order chi connectivity index (χ0) is 17.8. The average Bonchev–Trinajstić information content (AvgIpc) is 3.16. The second-order valence-corrected chi connectivity index (χ2v) is 10.3. The zero-order valence-electron chi connectivity index (χ0n) is 15.3. The van der Waals surface area contributed by atoms with E-state index in [0.717, 1.165) is 30.5 Å². The van der Waals surface area contributed by atoms with Gasteiger partial charge in [0.15, 0.2) is 0 Å². The van der Waals surface area contributed by atoms with Crippen LogP contribution in [0.2, 0.25) is 0 Å². The second-order valence-electron chi connectivity index (χ2n) is 8.33. The molecule has 138 valence electrons. The van der Waals surface area contributed by atoms with E-state index in [4.69, 9.17) is 4.74 Å². The van der Waals surface area contributed by atoms with Gasteiger partial charge in [0.1, 0.15) is 0 Å². The molecule has 0 radical (unpaired) electrons. The fraction of sp³-hybridized carbons (Fsp3) is 0.684. The molecule has 5 nitrogen and oxygen atoms in total. The maximum atomic E-state index is 13.0. The number of benzene rings is 1. The summed E-state index contributed by atoms with van der Waals surface area (Å²) in [5.74, 6) is 0.864. The SMILES string of the molecule is Cc1cccc(CS(=O)(=O)N2C[C@@H]3[C@H](CN(C)C)[C@H]4CC[C@]3(C2)O4)c1. The van der Waals surface area contributed by atoms with E-state index >= 15 is 0 Å². The summed E-state index contributed by atoms with van der Waals surface area (Å²) >= 11 is 0. The Kier molecular flexibility index (Phi) is 4.22. The highest BCUT2D eigenvalue weighted by Gasteiger charge is 2.64. The first kappa shape index (κ1) is 17.5. The molecule has 4 rings (SSSR count). The molecule has 4 atom stereocenters. The minimum Gasteiger partial charge on any atom is -0.370 e. The molecule has 2 bridgehead atoms. The molecule has 1 aromatic rings. The molecule has 6 heteroatoms. The van der Waals surface area contributed by atoms with Gasteiger partial charge in [0.05, 0.1) is 17.5 Å². The zero-order valence-corrected chi connectivity index (χ0v) is 16.1. The highest BCUT2D eigenvalue weighted by Crippen LogP contribution is 2.55. The van der Waals surface area contributed by atoms with E-state index in [1.165, 1.54) is 0 Å². The smallest absolute Gasteiger partial charge is 0.218 e. The molecular formula is C19H28N2O3S. The Labute approximate surface area is 151 Å². The van der Waals surface area contributed by atoms with Crippen molar-refractivity contribution in [3.63, 3.8) is 0 Å². The normalized spacial score (nSPS) is 34.8. The lowest BCUT2D eigenvalue weighted by atomic mass is 9.73. The van der Waals surface area contributed by atoms with Crippen molar-refractivity contribution >= 4 is 10.0 Å². The van der Waals surface area contributed by atoms with Crippen LogP contribution in [0.15, 0.2) is 24.3 Å². The molecule has 0 N–H and O–H groups in total. The number of sulfonamides is 1. The van der Waals surface area contributed by atoms with Crippen LogP contribution in [-0.2, 0) is 20.5 Å². The Balaban J connectivity index is 1.53. The third-order valence-corrected chi connectivity index (χ3v) is 7.92. The first-order chi connectivity index (χ1) is 11.8. The van der Waals surface area contributed by atoms with E-state index in [1.807, 2.05) is 31.2 Å². The molecule has 0 saturated carbocycles. The Hall–Kier alpha value is -0.950. The topological polar surface area (TPSA) is 49.9 Å². The second kappa shape index (κ2) is 6.05. The van der Waals surface area contributed by atoms with E-state index < -0.39 is 10.0 Å². The van der Waals surface area contributed by atoms with Gasteiger partial charge >= 0.3 is 0 Å². The van der Waals surface area contributed by atoms with Gasteiger partial charge in [-0.1, -0.05) is 29.8 Å². The maximum absolute atomic E-state index is 13.0. The molecule has 0 unspecified atom stereocenters. The van der Waals surface area contributed by atoms with Gasteiger partial charge in [0, 0.05) is 31.5 Å². The molecule has 3 aliphatic rings. The quantitative estimate of drug-likeness (QED) is 0.800. The number of ether oxygens (including phenoxy) is 1. The lowest BCUT2D eigenvalue weighted by Gasteiger charge is -2.31. The van der Waals surface area contributed by atoms with Gasteiger partial charge in [-0.3, -0.25) is 0 Å². The van der Waals surface area contributed by atoms with Crippen LogP contribution >= 0.6 is 0 Å². The van der Waals surface area contributed by atoms with Crippen molar-refractivity contribution < 1.29 is 13.2 Å². The summed E-state index contributed by atoms with van der Waals surface area (Å²) in [5, 5.41) is 0. The molecule has 0 amide bonds. The van der Waals surface area contributed by atoms with Gasteiger partial charge in [0.2, 0.25) is 10.0 Å². The Morgan fingerprint density at radius 3 is 2.88 bits per heavy atom. The van der Waals surface area contributed by atoms with Crippen molar-refractivity contribution in [1.29, 1.82) is 0 Å². The standard InChI is InChI=1S/C19H28N2O3S/c1-14-5-4-6-15(9-14)12-25(22,23)21-11-17-16(10-20(2)3)18-7-8-19(17,13-21)24-18/h4-6,9,16-18H,7-8,10-13H2,1-3H3/t16-,17+,18+,19+/m0/s1. The molecule has 25 heavy (non-hydrogen) atoms. The lowest BCUT2D eigenvalue weighted by molar-refractivity contribution is 0.00738. The summed E-state index contributed by atoms with van der Waals surface area (Å²) in [7, 11) is 0.853. The van der Waals surface area contributed by atoms with Crippen LogP contribution < -0.4 is 0 Å². The minimum absolute atomic E-state index is 0.0826. The summed E-state index contributed by atoms with van der Waals surface area (Å²) < 4.78 is 34.1. The van der Waals surface area contributed by atoms with Crippen molar-refractivity contribution in [1.82, 2.24) is 9.21 Å². The molecule has 3 heterocycles. The summed E-state index contributed by atoms with van der Waals surface area (Å²) in [4.78, 5) is 2.20. The van der Waals surface area contributed by atoms with Gasteiger partial charge in [-0.25, -0.2) is 8.42 Å². The van der Waals surface area contributed by atoms with Gasteiger partial charge in [0.25, 0.3) is 0 Å². The molecule has 3 saturated heterocycles. The van der Waals surface area contributed by atoms with Crippen LogP contribution in [0.1, 0.15) is 24.0 Å². The van der Waals surface area contributed by atoms with Crippen molar-refractivity contribution in [2.24, 2.45) is 11.8 Å². The number of hydrogen-bond acceptors (Lipinski definition) is 4. The fourth-order valence-corrected chi connectivity index (χ4v) is 6.72. The van der Waals surface area contributed by atoms with E-state index in [0.29, 0.717) is 31.0 Å². The van der Waals surface area contributed by atoms with Crippen LogP contribution in [0.25, 0.3) is 0 Å². The fourth-order valence-electron chi connectivity index (χ4n) is 5.13. The molecule has 3 fully saturated rings. The van der Waals surface area contributed by atoms with Crippen molar-refractivity contribution in [2.75, 3.05) is 33.7 Å². The number of fused-ring (bicyclic) bond motifs is 1. The first-order valence-electron chi connectivity index (χ1n) is 9.15. The van der Waals surface area contributed by atoms with Crippen LogP contribution in [0, 0.1) is 18.8 Å². The molecular weight excluding hydrogens is 336 g/mol. The number of hydrogen-bond donors (Lipinski definition) is 0. The van der Waals surface area contributed by atoms with Crippen LogP contribution in [0.3, 0.4) is 0 Å². The van der Waals surface area contributed by atoms with Gasteiger partial charge in [-0.05, 0) is 39.4 Å². The number of aryl methyl sites for hydroxylation is 1. The Morgan fingerprint density at radius 2 is 2.16 bits per heavy atom. The largest absolute Gasteiger partial charge is 0.370 e. The first-order valence-corrected chi connectivity index (χ1v) is 10.8. The number of nitrogens with zero attached hydrogens (tertiary/aromatic N) is 2. The Morgan fingerprint density at radius 1 is 1.36 bits per heavy atom. The predicted molar refractivity (Wildman–Crippen MR) is 97.7 cm³/mol. The van der Waals surface area contributed by atoms with Crippen LogP contribution in [0.4, 0.5) is 0 Å². The third kappa shape index (κ3) is 3.03. The molecule has 1 spiro atoms. The number of rotatable bonds is 5. The van der Waals surface area contributed by atoms with Crippen molar-refractivity contribution in [2.45, 2.75) is 37.2 Å². The summed E-state index contributed by atoms with van der Waals surface area (Å²) in [5.41, 5.74) is 1.73. The van der Waals surface area contributed by atoms with Crippen LogP contribution in [-0.4, -0.2) is 63.1 Å². The lowest BCUT2D eigenvalue weighted by Crippen LogP contribution is -2.40. The highest BCUT2D eigenvalue weighted by atomic mass is 32.2. The summed E-state index contributed by atoms with van der Waals surface area (Å²) in [6.45, 7) is 4.12. The van der Waals surface area contributed by atoms with E-state index in [9.17, 15) is 8.42 Å². The molecule has 1 aromatic carbocycles. The Bertz CT molecular complexity index is 764. The van der Waals surface area contributed by atoms with E-state index in [-0.39, 0.29) is 11.4 Å². The monoisotopic (exact) mass is 364 g/mol. The van der Waals surface area contributed by atoms with Gasteiger partial charge in [-0.15, -0.1) is 0 Å². The summed E-state index contributed by atoms with van der Waals surface area (Å²) in [6, 6.07) is 7.78. The third-order valence-electron chi connectivity index (χ3n) is 6.15. The van der Waals surface area contributed by atoms with Gasteiger partial charge < -0.3 is 9.64 Å². The minimum atomic E-state index is -3.31. The summed E-state index contributed by atoms with van der Waals surface area (Å²) in [6.07, 6.45) is 2.39. The van der Waals surface area contributed by atoms with Crippen molar-refractivity contribution in [3.8, 4) is 0 Å². The van der Waals surface area contributed by atoms with Crippen LogP contribution in [0.5, 0.6) is 0 Å². The van der Waals surface area contributed by atoms with Crippen molar-refractivity contribution in [3.05, 3.63) is 35.4 Å². The highest BCUT2D eigenvalue weighted by molar-refractivity contribution is 7.88. The predicted octanol–water partition coefficient (Wildman–Crippen LogP) is 1.87. The van der Waals surface area contributed by atoms with E-state index in [1.54, 1.807) is 4.31 Å². The molecule has 3 aliphatic heterocycles. The van der Waals surface area contributed by atoms with Gasteiger partial charge in [-0.2, -0.15) is 4.31 Å².